The van der Waals surface area contributed by atoms with E-state index in [1.165, 1.54) is 7.11 Å². The molecule has 0 aliphatic carbocycles. The number of rotatable bonds is 3. The Morgan fingerprint density at radius 3 is 2.79 bits per heavy atom. The lowest BCUT2D eigenvalue weighted by Gasteiger charge is -2.08. The molecule has 19 heavy (non-hydrogen) atoms. The van der Waals surface area contributed by atoms with Crippen molar-refractivity contribution in [2.24, 2.45) is 0 Å². The zero-order chi connectivity index (χ0) is 13.2. The molecule has 0 saturated heterocycles. The molecule has 3 rings (SSSR count). The standard InChI is InChI=1S/C13H12N4O2/c1-18-12-10(7-15-13(16-12)19-2)9-3-4-11-14-5-6-17(11)8-9/h3-8H,1-2H3. The van der Waals surface area contributed by atoms with Crippen LogP contribution in [0.15, 0.2) is 36.9 Å². The van der Waals surface area contributed by atoms with E-state index in [1.54, 1.807) is 19.5 Å². The van der Waals surface area contributed by atoms with Gasteiger partial charge in [-0.1, -0.05) is 0 Å². The number of hydrogen-bond donors (Lipinski definition) is 0. The molecule has 0 radical (unpaired) electrons. The van der Waals surface area contributed by atoms with Crippen LogP contribution < -0.4 is 9.47 Å². The molecule has 0 saturated carbocycles. The minimum Gasteiger partial charge on any atom is -0.480 e. The van der Waals surface area contributed by atoms with Gasteiger partial charge in [0.1, 0.15) is 5.65 Å². The van der Waals surface area contributed by atoms with Crippen LogP contribution in [-0.2, 0) is 0 Å². The molecule has 3 aromatic rings. The van der Waals surface area contributed by atoms with Gasteiger partial charge in [-0.15, -0.1) is 0 Å². The quantitative estimate of drug-likeness (QED) is 0.715. The minimum atomic E-state index is 0.282. The van der Waals surface area contributed by atoms with Crippen molar-refractivity contribution >= 4 is 5.65 Å². The van der Waals surface area contributed by atoms with Crippen LogP contribution in [0.25, 0.3) is 16.8 Å². The van der Waals surface area contributed by atoms with Gasteiger partial charge in [-0.05, 0) is 12.1 Å². The number of fused-ring (bicyclic) bond motifs is 1. The molecule has 96 valence electrons. The summed E-state index contributed by atoms with van der Waals surface area (Å²) < 4.78 is 12.2. The summed E-state index contributed by atoms with van der Waals surface area (Å²) in [6.45, 7) is 0. The fourth-order valence-electron chi connectivity index (χ4n) is 1.88. The van der Waals surface area contributed by atoms with Gasteiger partial charge in [-0.25, -0.2) is 9.97 Å². The Morgan fingerprint density at radius 1 is 1.11 bits per heavy atom. The molecule has 3 aromatic heterocycles. The van der Waals surface area contributed by atoms with Crippen molar-refractivity contribution in [1.29, 1.82) is 0 Å². The molecule has 0 fully saturated rings. The predicted octanol–water partition coefficient (Wildman–Crippen LogP) is 1.81. The molecule has 0 spiro atoms. The van der Waals surface area contributed by atoms with Crippen LogP contribution in [0.1, 0.15) is 0 Å². The molecular formula is C13H12N4O2. The van der Waals surface area contributed by atoms with Crippen LogP contribution in [-0.4, -0.2) is 33.6 Å². The molecule has 0 aliphatic rings. The summed E-state index contributed by atoms with van der Waals surface area (Å²) in [6.07, 6.45) is 7.27. The van der Waals surface area contributed by atoms with Crippen molar-refractivity contribution in [2.75, 3.05) is 14.2 Å². The van der Waals surface area contributed by atoms with E-state index in [1.807, 2.05) is 28.9 Å². The largest absolute Gasteiger partial charge is 0.480 e. The van der Waals surface area contributed by atoms with Gasteiger partial charge >= 0.3 is 6.01 Å². The highest BCUT2D eigenvalue weighted by molar-refractivity contribution is 5.68. The van der Waals surface area contributed by atoms with Crippen LogP contribution in [0.4, 0.5) is 0 Å². The number of methoxy groups -OCH3 is 2. The first kappa shape index (κ1) is 11.5. The Bertz CT molecular complexity index is 723. The van der Waals surface area contributed by atoms with E-state index in [2.05, 4.69) is 15.0 Å². The fourth-order valence-corrected chi connectivity index (χ4v) is 1.88. The van der Waals surface area contributed by atoms with Gasteiger partial charge in [0, 0.05) is 30.4 Å². The Kier molecular flexibility index (Phi) is 2.75. The van der Waals surface area contributed by atoms with Crippen LogP contribution in [0.3, 0.4) is 0 Å². The first-order valence-electron chi connectivity index (χ1n) is 5.70. The SMILES string of the molecule is COc1ncc(-c2ccc3nccn3c2)c(OC)n1. The van der Waals surface area contributed by atoms with Crippen molar-refractivity contribution in [2.45, 2.75) is 0 Å². The van der Waals surface area contributed by atoms with Crippen molar-refractivity contribution in [1.82, 2.24) is 19.4 Å². The average molecular weight is 256 g/mol. The Balaban J connectivity index is 2.14. The molecule has 6 nitrogen and oxygen atoms in total. The lowest BCUT2D eigenvalue weighted by molar-refractivity contribution is 0.353. The van der Waals surface area contributed by atoms with Gasteiger partial charge < -0.3 is 13.9 Å². The van der Waals surface area contributed by atoms with E-state index in [0.29, 0.717) is 5.88 Å². The van der Waals surface area contributed by atoms with E-state index in [0.717, 1.165) is 16.8 Å². The Morgan fingerprint density at radius 2 is 2.00 bits per heavy atom. The predicted molar refractivity (Wildman–Crippen MR) is 69.3 cm³/mol. The first-order valence-corrected chi connectivity index (χ1v) is 5.70. The monoisotopic (exact) mass is 256 g/mol. The van der Waals surface area contributed by atoms with Crippen molar-refractivity contribution in [3.05, 3.63) is 36.9 Å². The number of pyridine rings is 1. The number of nitrogens with zero attached hydrogens (tertiary/aromatic N) is 4. The number of ether oxygens (including phenoxy) is 2. The molecule has 0 aliphatic heterocycles. The maximum absolute atomic E-state index is 5.28. The zero-order valence-electron chi connectivity index (χ0n) is 10.6. The molecule has 3 heterocycles. The summed E-state index contributed by atoms with van der Waals surface area (Å²) in [5.74, 6) is 0.478. The lowest BCUT2D eigenvalue weighted by atomic mass is 10.1. The number of hydrogen-bond acceptors (Lipinski definition) is 5. The second kappa shape index (κ2) is 4.56. The van der Waals surface area contributed by atoms with Gasteiger partial charge in [-0.3, -0.25) is 0 Å². The summed E-state index contributed by atoms with van der Waals surface area (Å²) >= 11 is 0. The van der Waals surface area contributed by atoms with Crippen molar-refractivity contribution < 1.29 is 9.47 Å². The van der Waals surface area contributed by atoms with Gasteiger partial charge in [0.25, 0.3) is 0 Å². The van der Waals surface area contributed by atoms with Crippen LogP contribution in [0, 0.1) is 0 Å². The van der Waals surface area contributed by atoms with Gasteiger partial charge in [0.15, 0.2) is 0 Å². The van der Waals surface area contributed by atoms with Crippen molar-refractivity contribution in [3.63, 3.8) is 0 Å². The third-order valence-electron chi connectivity index (χ3n) is 2.81. The fraction of sp³-hybridized carbons (Fsp3) is 0.154. The first-order chi connectivity index (χ1) is 9.31. The van der Waals surface area contributed by atoms with E-state index >= 15 is 0 Å². The smallest absolute Gasteiger partial charge is 0.319 e. The molecular weight excluding hydrogens is 244 g/mol. The highest BCUT2D eigenvalue weighted by Gasteiger charge is 2.11. The zero-order valence-corrected chi connectivity index (χ0v) is 10.6. The minimum absolute atomic E-state index is 0.282. The summed E-state index contributed by atoms with van der Waals surface area (Å²) in [6, 6.07) is 4.17. The van der Waals surface area contributed by atoms with E-state index in [4.69, 9.17) is 9.47 Å². The summed E-state index contributed by atoms with van der Waals surface area (Å²) in [7, 11) is 3.09. The molecule has 0 aromatic carbocycles. The topological polar surface area (TPSA) is 61.5 Å². The van der Waals surface area contributed by atoms with Crippen LogP contribution in [0.2, 0.25) is 0 Å². The molecule has 0 amide bonds. The molecule has 0 unspecified atom stereocenters. The lowest BCUT2D eigenvalue weighted by Crippen LogP contribution is -1.98. The summed E-state index contributed by atoms with van der Waals surface area (Å²) in [5, 5.41) is 0. The van der Waals surface area contributed by atoms with Crippen LogP contribution >= 0.6 is 0 Å². The maximum atomic E-state index is 5.28. The number of aromatic nitrogens is 4. The number of imidazole rings is 1. The van der Waals surface area contributed by atoms with E-state index in [9.17, 15) is 0 Å². The second-order valence-electron chi connectivity index (χ2n) is 3.89. The summed E-state index contributed by atoms with van der Waals surface area (Å²) in [5.41, 5.74) is 2.64. The molecule has 0 bridgehead atoms. The molecule has 0 N–H and O–H groups in total. The van der Waals surface area contributed by atoms with Gasteiger partial charge in [0.2, 0.25) is 5.88 Å². The highest BCUT2D eigenvalue weighted by Crippen LogP contribution is 2.28. The Hall–Kier alpha value is -2.63. The van der Waals surface area contributed by atoms with Gasteiger partial charge in [-0.2, -0.15) is 4.98 Å². The van der Waals surface area contributed by atoms with E-state index in [-0.39, 0.29) is 6.01 Å². The summed E-state index contributed by atoms with van der Waals surface area (Å²) in [4.78, 5) is 12.5. The third kappa shape index (κ3) is 1.97. The second-order valence-corrected chi connectivity index (χ2v) is 3.89. The van der Waals surface area contributed by atoms with Crippen LogP contribution in [0.5, 0.6) is 11.9 Å². The normalized spacial score (nSPS) is 10.6. The maximum Gasteiger partial charge on any atom is 0.319 e. The molecule has 0 atom stereocenters. The van der Waals surface area contributed by atoms with Crippen molar-refractivity contribution in [3.8, 4) is 23.0 Å². The van der Waals surface area contributed by atoms with Gasteiger partial charge in [0.05, 0.1) is 19.8 Å². The third-order valence-corrected chi connectivity index (χ3v) is 2.81. The van der Waals surface area contributed by atoms with E-state index < -0.39 is 0 Å². The Labute approximate surface area is 109 Å². The molecule has 6 heteroatoms. The average Bonchev–Trinajstić information content (AvgIpc) is 2.93. The highest BCUT2D eigenvalue weighted by atomic mass is 16.5.